The van der Waals surface area contributed by atoms with Gasteiger partial charge in [0.2, 0.25) is 0 Å². The standard InChI is InChI=1S/C17H20FN3O/c1-12-10-14(21(2)3)8-9-16(12)20-17(22)19-11-13-6-4-5-7-15(13)18/h4-10H,11H2,1-3H3,(H2,19,20,22). The Bertz CT molecular complexity index is 671. The van der Waals surface area contributed by atoms with Crippen LogP contribution >= 0.6 is 0 Å². The van der Waals surface area contributed by atoms with E-state index >= 15 is 0 Å². The van der Waals surface area contributed by atoms with Crippen LogP contribution < -0.4 is 15.5 Å². The molecule has 0 saturated carbocycles. The van der Waals surface area contributed by atoms with Crippen LogP contribution in [-0.4, -0.2) is 20.1 Å². The van der Waals surface area contributed by atoms with Gasteiger partial charge in [-0.15, -0.1) is 0 Å². The van der Waals surface area contributed by atoms with Crippen molar-refractivity contribution in [3.63, 3.8) is 0 Å². The number of carbonyl (C=O) groups excluding carboxylic acids is 1. The number of carbonyl (C=O) groups is 1. The largest absolute Gasteiger partial charge is 0.378 e. The molecule has 2 amide bonds. The third-order valence-corrected chi connectivity index (χ3v) is 3.37. The molecule has 0 aliphatic heterocycles. The third kappa shape index (κ3) is 3.97. The average Bonchev–Trinajstić information content (AvgIpc) is 2.48. The molecule has 4 nitrogen and oxygen atoms in total. The van der Waals surface area contributed by atoms with E-state index in [1.54, 1.807) is 18.2 Å². The van der Waals surface area contributed by atoms with Crippen molar-refractivity contribution in [2.45, 2.75) is 13.5 Å². The highest BCUT2D eigenvalue weighted by atomic mass is 19.1. The van der Waals surface area contributed by atoms with Gasteiger partial charge in [-0.1, -0.05) is 18.2 Å². The fraction of sp³-hybridized carbons (Fsp3) is 0.235. The number of nitrogens with zero attached hydrogens (tertiary/aromatic N) is 1. The van der Waals surface area contributed by atoms with E-state index in [4.69, 9.17) is 0 Å². The first kappa shape index (κ1) is 15.8. The van der Waals surface area contributed by atoms with Gasteiger partial charge in [0.25, 0.3) is 0 Å². The Morgan fingerprint density at radius 1 is 1.18 bits per heavy atom. The van der Waals surface area contributed by atoms with Crippen molar-refractivity contribution in [1.29, 1.82) is 0 Å². The minimum atomic E-state index is -0.357. The number of nitrogens with one attached hydrogen (secondary N) is 2. The molecule has 2 aromatic rings. The quantitative estimate of drug-likeness (QED) is 0.907. The second-order valence-electron chi connectivity index (χ2n) is 5.29. The SMILES string of the molecule is Cc1cc(N(C)C)ccc1NC(=O)NCc1ccccc1F. The van der Waals surface area contributed by atoms with E-state index < -0.39 is 0 Å². The van der Waals surface area contributed by atoms with Crippen molar-refractivity contribution in [3.05, 3.63) is 59.4 Å². The summed E-state index contributed by atoms with van der Waals surface area (Å²) in [5, 5.41) is 5.43. The number of anilines is 2. The minimum absolute atomic E-state index is 0.146. The van der Waals surface area contributed by atoms with E-state index in [2.05, 4.69) is 10.6 Å². The molecule has 0 radical (unpaired) electrons. The lowest BCUT2D eigenvalue weighted by molar-refractivity contribution is 0.251. The second kappa shape index (κ2) is 6.93. The molecule has 2 N–H and O–H groups in total. The molecule has 0 atom stereocenters. The van der Waals surface area contributed by atoms with Gasteiger partial charge in [-0.05, 0) is 36.8 Å². The first-order valence-electron chi connectivity index (χ1n) is 7.03. The van der Waals surface area contributed by atoms with Crippen LogP contribution in [0.5, 0.6) is 0 Å². The van der Waals surface area contributed by atoms with Crippen molar-refractivity contribution in [3.8, 4) is 0 Å². The number of benzene rings is 2. The van der Waals surface area contributed by atoms with Crippen molar-refractivity contribution in [1.82, 2.24) is 5.32 Å². The number of rotatable bonds is 4. The van der Waals surface area contributed by atoms with Gasteiger partial charge in [-0.3, -0.25) is 0 Å². The summed E-state index contributed by atoms with van der Waals surface area (Å²) in [6.07, 6.45) is 0. The fourth-order valence-corrected chi connectivity index (χ4v) is 2.05. The maximum absolute atomic E-state index is 13.5. The van der Waals surface area contributed by atoms with Gasteiger partial charge in [-0.2, -0.15) is 0 Å². The molecule has 5 heteroatoms. The molecule has 0 aliphatic rings. The van der Waals surface area contributed by atoms with E-state index in [0.29, 0.717) is 5.56 Å². The molecule has 0 bridgehead atoms. The predicted octanol–water partition coefficient (Wildman–Crippen LogP) is 3.52. The Balaban J connectivity index is 1.96. The molecule has 0 unspecified atom stereocenters. The van der Waals surface area contributed by atoms with Crippen molar-refractivity contribution in [2.24, 2.45) is 0 Å². The number of hydrogen-bond donors (Lipinski definition) is 2. The molecule has 0 aliphatic carbocycles. The molecule has 0 fully saturated rings. The van der Waals surface area contributed by atoms with Crippen LogP contribution in [0.1, 0.15) is 11.1 Å². The summed E-state index contributed by atoms with van der Waals surface area (Å²) in [4.78, 5) is 13.9. The Kier molecular flexibility index (Phi) is 4.99. The summed E-state index contributed by atoms with van der Waals surface area (Å²) < 4.78 is 13.5. The highest BCUT2D eigenvalue weighted by Gasteiger charge is 2.07. The van der Waals surface area contributed by atoms with Gasteiger partial charge in [-0.25, -0.2) is 9.18 Å². The summed E-state index contributed by atoms with van der Waals surface area (Å²) in [5.41, 5.74) is 3.22. The summed E-state index contributed by atoms with van der Waals surface area (Å²) in [7, 11) is 3.92. The van der Waals surface area contributed by atoms with Gasteiger partial charge < -0.3 is 15.5 Å². The summed E-state index contributed by atoms with van der Waals surface area (Å²) in [6.45, 7) is 2.08. The summed E-state index contributed by atoms with van der Waals surface area (Å²) >= 11 is 0. The molecule has 116 valence electrons. The number of urea groups is 1. The van der Waals surface area contributed by atoms with Crippen molar-refractivity contribution >= 4 is 17.4 Å². The van der Waals surface area contributed by atoms with Crippen LogP contribution in [0.25, 0.3) is 0 Å². The van der Waals surface area contributed by atoms with Crippen LogP contribution in [0.4, 0.5) is 20.6 Å². The maximum atomic E-state index is 13.5. The van der Waals surface area contributed by atoms with Crippen molar-refractivity contribution in [2.75, 3.05) is 24.3 Å². The molecular weight excluding hydrogens is 281 g/mol. The Morgan fingerprint density at radius 2 is 1.91 bits per heavy atom. The normalized spacial score (nSPS) is 10.2. The maximum Gasteiger partial charge on any atom is 0.319 e. The van der Waals surface area contributed by atoms with Gasteiger partial charge in [0.1, 0.15) is 5.82 Å². The first-order chi connectivity index (χ1) is 10.5. The lowest BCUT2D eigenvalue weighted by atomic mass is 10.1. The monoisotopic (exact) mass is 301 g/mol. The van der Waals surface area contributed by atoms with Crippen LogP contribution in [0.2, 0.25) is 0 Å². The molecule has 2 rings (SSSR count). The van der Waals surface area contributed by atoms with Gasteiger partial charge in [0, 0.05) is 37.6 Å². The highest BCUT2D eigenvalue weighted by molar-refractivity contribution is 5.90. The molecule has 22 heavy (non-hydrogen) atoms. The third-order valence-electron chi connectivity index (χ3n) is 3.37. The zero-order valence-electron chi connectivity index (χ0n) is 13.0. The minimum Gasteiger partial charge on any atom is -0.378 e. The number of amides is 2. The topological polar surface area (TPSA) is 44.4 Å². The molecule has 0 heterocycles. The summed E-state index contributed by atoms with van der Waals surface area (Å²) in [5.74, 6) is -0.325. The Labute approximate surface area is 129 Å². The van der Waals surface area contributed by atoms with Gasteiger partial charge >= 0.3 is 6.03 Å². The van der Waals surface area contributed by atoms with E-state index in [-0.39, 0.29) is 18.4 Å². The number of aryl methyl sites for hydroxylation is 1. The molecule has 2 aromatic carbocycles. The zero-order valence-corrected chi connectivity index (χ0v) is 13.0. The molecule has 0 saturated heterocycles. The fourth-order valence-electron chi connectivity index (χ4n) is 2.05. The van der Waals surface area contributed by atoms with Crippen LogP contribution in [-0.2, 0) is 6.54 Å². The average molecular weight is 301 g/mol. The Hall–Kier alpha value is -2.56. The molecule has 0 aromatic heterocycles. The van der Waals surface area contributed by atoms with E-state index in [0.717, 1.165) is 16.9 Å². The van der Waals surface area contributed by atoms with Crippen LogP contribution in [0.15, 0.2) is 42.5 Å². The number of hydrogen-bond acceptors (Lipinski definition) is 2. The van der Waals surface area contributed by atoms with Gasteiger partial charge in [0.15, 0.2) is 0 Å². The smallest absolute Gasteiger partial charge is 0.319 e. The number of halogens is 1. The van der Waals surface area contributed by atoms with E-state index in [9.17, 15) is 9.18 Å². The molecule has 0 spiro atoms. The first-order valence-corrected chi connectivity index (χ1v) is 7.03. The summed E-state index contributed by atoms with van der Waals surface area (Å²) in [6, 6.07) is 11.8. The van der Waals surface area contributed by atoms with E-state index in [1.165, 1.54) is 6.07 Å². The predicted molar refractivity (Wildman–Crippen MR) is 87.8 cm³/mol. The van der Waals surface area contributed by atoms with Crippen LogP contribution in [0, 0.1) is 12.7 Å². The zero-order chi connectivity index (χ0) is 16.1. The van der Waals surface area contributed by atoms with Crippen LogP contribution in [0.3, 0.4) is 0 Å². The van der Waals surface area contributed by atoms with Crippen molar-refractivity contribution < 1.29 is 9.18 Å². The lowest BCUT2D eigenvalue weighted by Crippen LogP contribution is -2.28. The van der Waals surface area contributed by atoms with E-state index in [1.807, 2.05) is 44.1 Å². The second-order valence-corrected chi connectivity index (χ2v) is 5.29. The Morgan fingerprint density at radius 3 is 2.55 bits per heavy atom. The highest BCUT2D eigenvalue weighted by Crippen LogP contribution is 2.21. The van der Waals surface area contributed by atoms with Gasteiger partial charge in [0.05, 0.1) is 0 Å². The molecular formula is C17H20FN3O. The lowest BCUT2D eigenvalue weighted by Gasteiger charge is -2.16.